The van der Waals surface area contributed by atoms with E-state index in [1.54, 1.807) is 11.0 Å². The van der Waals surface area contributed by atoms with Crippen molar-refractivity contribution < 1.29 is 9.18 Å². The smallest absolute Gasteiger partial charge is 0.256 e. The van der Waals surface area contributed by atoms with Gasteiger partial charge in [0.15, 0.2) is 0 Å². The quantitative estimate of drug-likeness (QED) is 0.444. The van der Waals surface area contributed by atoms with Crippen molar-refractivity contribution >= 4 is 16.8 Å². The second-order valence-corrected chi connectivity index (χ2v) is 11.5. The van der Waals surface area contributed by atoms with Crippen LogP contribution >= 0.6 is 0 Å². The first kappa shape index (κ1) is 26.8. The molecule has 0 aliphatic carbocycles. The molecule has 1 aromatic carbocycles. The molecule has 0 unspecified atom stereocenters. The fraction of sp³-hybridized carbons (Fsp3) is 0.548. The van der Waals surface area contributed by atoms with Gasteiger partial charge in [-0.1, -0.05) is 0 Å². The highest BCUT2D eigenvalue weighted by Crippen LogP contribution is 2.33. The zero-order valence-electron chi connectivity index (χ0n) is 23.3. The van der Waals surface area contributed by atoms with Gasteiger partial charge < -0.3 is 19.7 Å². The van der Waals surface area contributed by atoms with Crippen molar-refractivity contribution in [2.24, 2.45) is 11.8 Å². The van der Waals surface area contributed by atoms with Crippen LogP contribution in [0.4, 0.5) is 4.39 Å². The molecule has 2 aliphatic heterocycles. The summed E-state index contributed by atoms with van der Waals surface area (Å²) in [6, 6.07) is 4.59. The number of likely N-dealkylation sites (tertiary alicyclic amines) is 1. The molecule has 204 valence electrons. The number of piperidine rings is 1. The molecule has 1 N–H and O–H groups in total. The van der Waals surface area contributed by atoms with E-state index in [4.69, 9.17) is 0 Å². The minimum absolute atomic E-state index is 0.0275. The second-order valence-electron chi connectivity index (χ2n) is 11.5. The molecule has 5 rings (SSSR count). The summed E-state index contributed by atoms with van der Waals surface area (Å²) in [4.78, 5) is 22.5. The van der Waals surface area contributed by atoms with E-state index in [-0.39, 0.29) is 11.9 Å². The van der Waals surface area contributed by atoms with Gasteiger partial charge in [-0.3, -0.25) is 9.78 Å². The van der Waals surface area contributed by atoms with Gasteiger partial charge in [-0.2, -0.15) is 0 Å². The third kappa shape index (κ3) is 5.50. The summed E-state index contributed by atoms with van der Waals surface area (Å²) < 4.78 is 16.5. The summed E-state index contributed by atoms with van der Waals surface area (Å²) >= 11 is 0. The van der Waals surface area contributed by atoms with Crippen LogP contribution in [0.1, 0.15) is 61.5 Å². The number of hydrogen-bond acceptors (Lipinski definition) is 4. The predicted octanol–water partition coefficient (Wildman–Crippen LogP) is 5.21. The average Bonchev–Trinajstić information content (AvgIpc) is 3.50. The summed E-state index contributed by atoms with van der Waals surface area (Å²) in [5.41, 5.74) is 4.48. The summed E-state index contributed by atoms with van der Waals surface area (Å²) in [7, 11) is 0. The van der Waals surface area contributed by atoms with Crippen molar-refractivity contribution in [3.05, 3.63) is 59.3 Å². The van der Waals surface area contributed by atoms with Crippen LogP contribution in [-0.4, -0.2) is 70.6 Å². The predicted molar refractivity (Wildman–Crippen MR) is 151 cm³/mol. The van der Waals surface area contributed by atoms with Gasteiger partial charge in [-0.25, -0.2) is 4.39 Å². The maximum Gasteiger partial charge on any atom is 0.256 e. The molecule has 1 amide bonds. The highest BCUT2D eigenvalue weighted by Gasteiger charge is 2.28. The molecule has 0 saturated carbocycles. The van der Waals surface area contributed by atoms with Crippen molar-refractivity contribution in [2.75, 3.05) is 39.3 Å². The molecule has 2 fully saturated rings. The Balaban J connectivity index is 1.46. The standard InChI is InChI=1S/C31H42FN5O/c1-5-36(21(2)3)31(38)27-15-26(32)6-7-28(27)37-20-25(30-22(4)16-34-17-29(30)37)14-24-10-13-35(19-24)18-23-8-11-33-12-9-23/h6-7,15-17,20-21,23-24,33H,5,8-14,18-19H2,1-4H3/t24-/m1/s1. The number of aryl methyl sites for hydroxylation is 1. The van der Waals surface area contributed by atoms with E-state index in [1.807, 2.05) is 33.2 Å². The molecule has 0 bridgehead atoms. The third-order valence-electron chi connectivity index (χ3n) is 8.51. The van der Waals surface area contributed by atoms with Crippen LogP contribution in [0.25, 0.3) is 16.6 Å². The Kier molecular flexibility index (Phi) is 8.15. The zero-order chi connectivity index (χ0) is 26.8. The fourth-order valence-electron chi connectivity index (χ4n) is 6.57. The van der Waals surface area contributed by atoms with Crippen LogP contribution in [0, 0.1) is 24.6 Å². The number of nitrogens with one attached hydrogen (secondary N) is 1. The number of hydrogen-bond donors (Lipinski definition) is 1. The number of benzene rings is 1. The Labute approximate surface area is 226 Å². The van der Waals surface area contributed by atoms with Crippen LogP contribution in [0.15, 0.2) is 36.8 Å². The van der Waals surface area contributed by atoms with Crippen molar-refractivity contribution in [1.82, 2.24) is 24.7 Å². The second kappa shape index (κ2) is 11.5. The van der Waals surface area contributed by atoms with Crippen LogP contribution in [-0.2, 0) is 6.42 Å². The lowest BCUT2D eigenvalue weighted by Crippen LogP contribution is -2.37. The average molecular weight is 520 g/mol. The Hall–Kier alpha value is -2.77. The van der Waals surface area contributed by atoms with E-state index in [0.717, 1.165) is 43.1 Å². The first-order valence-corrected chi connectivity index (χ1v) is 14.3. The SMILES string of the molecule is CCN(C(=O)c1cc(F)ccc1-n1cc(C[C@H]2CCN(CC3CCNCC3)C2)c2c(C)cncc21)C(C)C. The molecule has 2 aromatic heterocycles. The molecule has 3 aromatic rings. The van der Waals surface area contributed by atoms with Crippen LogP contribution in [0.3, 0.4) is 0 Å². The number of rotatable bonds is 8. The number of amides is 1. The van der Waals surface area contributed by atoms with Gasteiger partial charge in [0.2, 0.25) is 0 Å². The topological polar surface area (TPSA) is 53.4 Å². The van der Waals surface area contributed by atoms with E-state index in [0.29, 0.717) is 23.7 Å². The van der Waals surface area contributed by atoms with E-state index >= 15 is 0 Å². The number of carbonyl (C=O) groups is 1. The minimum atomic E-state index is -0.400. The summed E-state index contributed by atoms with van der Waals surface area (Å²) in [5.74, 6) is 0.871. The van der Waals surface area contributed by atoms with Gasteiger partial charge in [-0.05, 0) is 114 Å². The van der Waals surface area contributed by atoms with Crippen LogP contribution in [0.2, 0.25) is 0 Å². The first-order valence-electron chi connectivity index (χ1n) is 14.3. The van der Waals surface area contributed by atoms with Gasteiger partial charge in [0.05, 0.1) is 23.0 Å². The maximum absolute atomic E-state index is 14.4. The molecule has 0 spiro atoms. The fourth-order valence-corrected chi connectivity index (χ4v) is 6.57. The van der Waals surface area contributed by atoms with Gasteiger partial charge in [0, 0.05) is 43.5 Å². The molecule has 0 radical (unpaired) electrons. The lowest BCUT2D eigenvalue weighted by molar-refractivity contribution is 0.0716. The van der Waals surface area contributed by atoms with E-state index in [9.17, 15) is 9.18 Å². The van der Waals surface area contributed by atoms with Crippen molar-refractivity contribution in [2.45, 2.75) is 59.4 Å². The molecule has 6 nitrogen and oxygen atoms in total. The van der Waals surface area contributed by atoms with E-state index < -0.39 is 5.82 Å². The molecule has 38 heavy (non-hydrogen) atoms. The molecular weight excluding hydrogens is 477 g/mol. The van der Waals surface area contributed by atoms with E-state index in [1.165, 1.54) is 55.4 Å². The molecule has 1 atom stereocenters. The molecular formula is C31H42FN5O. The monoisotopic (exact) mass is 519 g/mol. The molecule has 7 heteroatoms. The highest BCUT2D eigenvalue weighted by molar-refractivity contribution is 5.99. The third-order valence-corrected chi connectivity index (χ3v) is 8.51. The number of nitrogens with zero attached hydrogens (tertiary/aromatic N) is 4. The minimum Gasteiger partial charge on any atom is -0.336 e. The molecule has 4 heterocycles. The molecule has 2 aliphatic rings. The van der Waals surface area contributed by atoms with Crippen molar-refractivity contribution in [1.29, 1.82) is 0 Å². The van der Waals surface area contributed by atoms with Gasteiger partial charge in [0.25, 0.3) is 5.91 Å². The van der Waals surface area contributed by atoms with Gasteiger partial charge in [-0.15, -0.1) is 0 Å². The number of halogens is 1. The van der Waals surface area contributed by atoms with E-state index in [2.05, 4.69) is 32.9 Å². The highest BCUT2D eigenvalue weighted by atomic mass is 19.1. The number of pyridine rings is 1. The van der Waals surface area contributed by atoms with Crippen molar-refractivity contribution in [3.8, 4) is 5.69 Å². The Morgan fingerprint density at radius 2 is 1.97 bits per heavy atom. The molecule has 2 saturated heterocycles. The number of carbonyl (C=O) groups excluding carboxylic acids is 1. The summed E-state index contributed by atoms with van der Waals surface area (Å²) in [5, 5.41) is 4.68. The van der Waals surface area contributed by atoms with Crippen LogP contribution < -0.4 is 5.32 Å². The van der Waals surface area contributed by atoms with Crippen molar-refractivity contribution in [3.63, 3.8) is 0 Å². The number of fused-ring (bicyclic) bond motifs is 1. The summed E-state index contributed by atoms with van der Waals surface area (Å²) in [6.45, 7) is 14.5. The lowest BCUT2D eigenvalue weighted by Gasteiger charge is -2.27. The van der Waals surface area contributed by atoms with Gasteiger partial charge >= 0.3 is 0 Å². The van der Waals surface area contributed by atoms with Gasteiger partial charge in [0.1, 0.15) is 5.82 Å². The Morgan fingerprint density at radius 3 is 2.71 bits per heavy atom. The summed E-state index contributed by atoms with van der Waals surface area (Å²) in [6.07, 6.45) is 10.7. The lowest BCUT2D eigenvalue weighted by atomic mass is 9.96. The Morgan fingerprint density at radius 1 is 1.18 bits per heavy atom. The zero-order valence-corrected chi connectivity index (χ0v) is 23.3. The largest absolute Gasteiger partial charge is 0.336 e. The van der Waals surface area contributed by atoms with Crippen LogP contribution in [0.5, 0.6) is 0 Å². The Bertz CT molecular complexity index is 1280. The normalized spacial score (nSPS) is 19.1. The number of aromatic nitrogens is 2. The first-order chi connectivity index (χ1) is 18.4. The maximum atomic E-state index is 14.4.